The van der Waals surface area contributed by atoms with Gasteiger partial charge >= 0.3 is 0 Å². The SMILES string of the molecule is Cl.FCCn1nccc1CNCc1cccs1. The molecular weight excluding hydrogens is 261 g/mol. The van der Waals surface area contributed by atoms with Gasteiger partial charge in [0.05, 0.1) is 12.2 Å². The smallest absolute Gasteiger partial charge is 0.109 e. The van der Waals surface area contributed by atoms with Crippen molar-refractivity contribution in [2.75, 3.05) is 6.67 Å². The van der Waals surface area contributed by atoms with E-state index in [1.54, 1.807) is 22.2 Å². The fourth-order valence-electron chi connectivity index (χ4n) is 1.52. The van der Waals surface area contributed by atoms with Crippen molar-refractivity contribution in [2.24, 2.45) is 0 Å². The molecule has 2 heterocycles. The molecular formula is C11H15ClFN3S. The lowest BCUT2D eigenvalue weighted by Gasteiger charge is -2.06. The van der Waals surface area contributed by atoms with E-state index in [0.29, 0.717) is 6.54 Å². The summed E-state index contributed by atoms with van der Waals surface area (Å²) in [5.41, 5.74) is 1.02. The maximum Gasteiger partial charge on any atom is 0.109 e. The van der Waals surface area contributed by atoms with Gasteiger partial charge in [0.2, 0.25) is 0 Å². The van der Waals surface area contributed by atoms with Crippen LogP contribution in [0.25, 0.3) is 0 Å². The predicted molar refractivity (Wildman–Crippen MR) is 70.3 cm³/mol. The van der Waals surface area contributed by atoms with E-state index in [4.69, 9.17) is 0 Å². The quantitative estimate of drug-likeness (QED) is 0.878. The number of nitrogens with one attached hydrogen (secondary N) is 1. The molecule has 0 radical (unpaired) electrons. The van der Waals surface area contributed by atoms with E-state index in [2.05, 4.69) is 21.9 Å². The van der Waals surface area contributed by atoms with E-state index in [-0.39, 0.29) is 19.1 Å². The lowest BCUT2D eigenvalue weighted by Crippen LogP contribution is -2.16. The molecule has 0 fully saturated rings. The van der Waals surface area contributed by atoms with Crippen molar-refractivity contribution in [3.8, 4) is 0 Å². The van der Waals surface area contributed by atoms with Crippen LogP contribution in [-0.2, 0) is 19.6 Å². The number of hydrogen-bond acceptors (Lipinski definition) is 3. The number of hydrogen-bond donors (Lipinski definition) is 1. The maximum atomic E-state index is 12.2. The van der Waals surface area contributed by atoms with E-state index in [0.717, 1.165) is 18.8 Å². The van der Waals surface area contributed by atoms with Gasteiger partial charge in [-0.1, -0.05) is 6.07 Å². The normalized spacial score (nSPS) is 10.2. The Morgan fingerprint density at radius 1 is 1.35 bits per heavy atom. The van der Waals surface area contributed by atoms with Gasteiger partial charge in [-0.3, -0.25) is 4.68 Å². The van der Waals surface area contributed by atoms with Crippen LogP contribution in [0.5, 0.6) is 0 Å². The van der Waals surface area contributed by atoms with Gasteiger partial charge in [0.25, 0.3) is 0 Å². The molecule has 2 aromatic rings. The second-order valence-corrected chi connectivity index (χ2v) is 4.45. The first kappa shape index (κ1) is 14.2. The van der Waals surface area contributed by atoms with Crippen molar-refractivity contribution in [3.05, 3.63) is 40.3 Å². The standard InChI is InChI=1S/C11H14FN3S.ClH/c12-4-6-15-10(3-5-14-15)8-13-9-11-2-1-7-16-11;/h1-3,5,7,13H,4,6,8-9H2;1H. The molecule has 0 unspecified atom stereocenters. The fraction of sp³-hybridized carbons (Fsp3) is 0.364. The Morgan fingerprint density at radius 2 is 2.24 bits per heavy atom. The first-order valence-corrected chi connectivity index (χ1v) is 6.08. The third-order valence-electron chi connectivity index (χ3n) is 2.29. The highest BCUT2D eigenvalue weighted by Crippen LogP contribution is 2.08. The highest BCUT2D eigenvalue weighted by Gasteiger charge is 2.01. The minimum absolute atomic E-state index is 0. The summed E-state index contributed by atoms with van der Waals surface area (Å²) in [6, 6.07) is 6.04. The molecule has 0 aromatic carbocycles. The molecule has 17 heavy (non-hydrogen) atoms. The van der Waals surface area contributed by atoms with Crippen LogP contribution in [0.3, 0.4) is 0 Å². The molecule has 0 saturated carbocycles. The summed E-state index contributed by atoms with van der Waals surface area (Å²) in [4.78, 5) is 1.30. The molecule has 0 aliphatic heterocycles. The van der Waals surface area contributed by atoms with Gasteiger partial charge in [-0.2, -0.15) is 5.10 Å². The molecule has 0 saturated heterocycles. The van der Waals surface area contributed by atoms with Gasteiger partial charge in [-0.15, -0.1) is 23.7 Å². The summed E-state index contributed by atoms with van der Waals surface area (Å²) < 4.78 is 13.9. The molecule has 6 heteroatoms. The van der Waals surface area contributed by atoms with Crippen LogP contribution in [0, 0.1) is 0 Å². The van der Waals surface area contributed by atoms with Gasteiger partial charge < -0.3 is 5.32 Å². The molecule has 3 nitrogen and oxygen atoms in total. The zero-order valence-corrected chi connectivity index (χ0v) is 10.9. The topological polar surface area (TPSA) is 29.9 Å². The summed E-state index contributed by atoms with van der Waals surface area (Å²) in [5.74, 6) is 0. The molecule has 1 N–H and O–H groups in total. The first-order chi connectivity index (χ1) is 7.90. The Balaban J connectivity index is 0.00000144. The van der Waals surface area contributed by atoms with Gasteiger partial charge in [0.1, 0.15) is 6.67 Å². The summed E-state index contributed by atoms with van der Waals surface area (Å²) in [5, 5.41) is 9.44. The summed E-state index contributed by atoms with van der Waals surface area (Å²) >= 11 is 1.73. The lowest BCUT2D eigenvalue weighted by molar-refractivity contribution is 0.417. The Morgan fingerprint density at radius 3 is 2.94 bits per heavy atom. The average molecular weight is 276 g/mol. The lowest BCUT2D eigenvalue weighted by atomic mass is 10.4. The van der Waals surface area contributed by atoms with E-state index >= 15 is 0 Å². The van der Waals surface area contributed by atoms with Crippen LogP contribution in [-0.4, -0.2) is 16.5 Å². The number of nitrogens with zero attached hydrogens (tertiary/aromatic N) is 2. The first-order valence-electron chi connectivity index (χ1n) is 5.20. The zero-order chi connectivity index (χ0) is 11.2. The van der Waals surface area contributed by atoms with Gasteiger partial charge in [0, 0.05) is 24.2 Å². The third kappa shape index (κ3) is 4.11. The Bertz CT molecular complexity index is 416. The summed E-state index contributed by atoms with van der Waals surface area (Å²) in [6.45, 7) is 1.53. The van der Waals surface area contributed by atoms with Crippen molar-refractivity contribution in [3.63, 3.8) is 0 Å². The summed E-state index contributed by atoms with van der Waals surface area (Å²) in [7, 11) is 0. The number of aryl methyl sites for hydroxylation is 1. The van der Waals surface area contributed by atoms with Crippen LogP contribution in [0.4, 0.5) is 4.39 Å². The Kier molecular flexibility index (Phi) is 6.18. The van der Waals surface area contributed by atoms with E-state index in [1.807, 2.05) is 12.1 Å². The monoisotopic (exact) mass is 275 g/mol. The molecule has 0 amide bonds. The second kappa shape index (κ2) is 7.42. The molecule has 0 bridgehead atoms. The van der Waals surface area contributed by atoms with Gasteiger partial charge in [-0.05, 0) is 17.5 Å². The number of alkyl halides is 1. The molecule has 0 aliphatic carbocycles. The van der Waals surface area contributed by atoms with Crippen LogP contribution >= 0.6 is 23.7 Å². The molecule has 2 rings (SSSR count). The highest BCUT2D eigenvalue weighted by atomic mass is 35.5. The Hall–Kier alpha value is -0.910. The van der Waals surface area contributed by atoms with Gasteiger partial charge in [-0.25, -0.2) is 4.39 Å². The fourth-order valence-corrected chi connectivity index (χ4v) is 2.19. The largest absolute Gasteiger partial charge is 0.306 e. The third-order valence-corrected chi connectivity index (χ3v) is 3.16. The molecule has 2 aromatic heterocycles. The van der Waals surface area contributed by atoms with Crippen molar-refractivity contribution in [1.29, 1.82) is 0 Å². The van der Waals surface area contributed by atoms with E-state index in [1.165, 1.54) is 4.88 Å². The van der Waals surface area contributed by atoms with Crippen molar-refractivity contribution >= 4 is 23.7 Å². The van der Waals surface area contributed by atoms with Crippen LogP contribution in [0.2, 0.25) is 0 Å². The van der Waals surface area contributed by atoms with Crippen molar-refractivity contribution < 1.29 is 4.39 Å². The van der Waals surface area contributed by atoms with Crippen LogP contribution < -0.4 is 5.32 Å². The van der Waals surface area contributed by atoms with Crippen LogP contribution in [0.1, 0.15) is 10.6 Å². The number of thiophene rings is 1. The zero-order valence-electron chi connectivity index (χ0n) is 9.30. The van der Waals surface area contributed by atoms with Crippen molar-refractivity contribution in [1.82, 2.24) is 15.1 Å². The molecule has 0 aliphatic rings. The molecule has 0 spiro atoms. The molecule has 94 valence electrons. The van der Waals surface area contributed by atoms with Crippen molar-refractivity contribution in [2.45, 2.75) is 19.6 Å². The number of rotatable bonds is 6. The highest BCUT2D eigenvalue weighted by molar-refractivity contribution is 7.09. The predicted octanol–water partition coefficient (Wildman–Crippen LogP) is 2.63. The maximum absolute atomic E-state index is 12.2. The number of aromatic nitrogens is 2. The summed E-state index contributed by atoms with van der Waals surface area (Å²) in [6.07, 6.45) is 1.71. The second-order valence-electron chi connectivity index (χ2n) is 3.42. The average Bonchev–Trinajstić information content (AvgIpc) is 2.91. The Labute approximate surface area is 110 Å². The van der Waals surface area contributed by atoms with Gasteiger partial charge in [0.15, 0.2) is 0 Å². The minimum atomic E-state index is -0.375. The minimum Gasteiger partial charge on any atom is -0.306 e. The number of halogens is 2. The van der Waals surface area contributed by atoms with Crippen LogP contribution in [0.15, 0.2) is 29.8 Å². The molecule has 0 atom stereocenters. The van der Waals surface area contributed by atoms with E-state index < -0.39 is 0 Å². The van der Waals surface area contributed by atoms with E-state index in [9.17, 15) is 4.39 Å².